The SMILES string of the molecule is COC(=O)c1ccc2c(c1)nc(N)n2CCCN(C)CCCn1c(N)nc2cc(C(=O)OC)ccc21. The lowest BCUT2D eigenvalue weighted by Gasteiger charge is -2.17. The third-order valence-electron chi connectivity index (χ3n) is 6.24. The number of nitrogens with zero attached hydrogens (tertiary/aromatic N) is 5. The summed E-state index contributed by atoms with van der Waals surface area (Å²) in [5.41, 5.74) is 16.3. The van der Waals surface area contributed by atoms with Gasteiger partial charge in [-0.05, 0) is 69.4 Å². The topological polar surface area (TPSA) is 144 Å². The van der Waals surface area contributed by atoms with Crippen LogP contribution in [0.15, 0.2) is 36.4 Å². The summed E-state index contributed by atoms with van der Waals surface area (Å²) in [6.07, 6.45) is 1.77. The molecule has 0 bridgehead atoms. The molecule has 4 rings (SSSR count). The minimum absolute atomic E-state index is 0.400. The van der Waals surface area contributed by atoms with Crippen molar-refractivity contribution in [1.82, 2.24) is 24.0 Å². The monoisotopic (exact) mass is 493 g/mol. The predicted molar refractivity (Wildman–Crippen MR) is 138 cm³/mol. The van der Waals surface area contributed by atoms with Crippen molar-refractivity contribution in [1.29, 1.82) is 0 Å². The maximum Gasteiger partial charge on any atom is 0.337 e. The number of imidazole rings is 2. The van der Waals surface area contributed by atoms with E-state index in [2.05, 4.69) is 21.9 Å². The highest BCUT2D eigenvalue weighted by molar-refractivity contribution is 5.94. The summed E-state index contributed by atoms with van der Waals surface area (Å²) in [7, 11) is 4.78. The van der Waals surface area contributed by atoms with Crippen LogP contribution in [0.5, 0.6) is 0 Å². The van der Waals surface area contributed by atoms with Gasteiger partial charge in [-0.3, -0.25) is 0 Å². The Bertz CT molecular complexity index is 1300. The van der Waals surface area contributed by atoms with Crippen LogP contribution in [0, 0.1) is 0 Å². The van der Waals surface area contributed by atoms with Gasteiger partial charge in [0.05, 0.1) is 47.4 Å². The van der Waals surface area contributed by atoms with Crippen LogP contribution in [0.2, 0.25) is 0 Å². The number of hydrogen-bond acceptors (Lipinski definition) is 9. The molecule has 0 spiro atoms. The number of esters is 2. The van der Waals surface area contributed by atoms with Crippen molar-refractivity contribution in [2.45, 2.75) is 25.9 Å². The number of anilines is 2. The molecule has 0 fully saturated rings. The maximum atomic E-state index is 11.8. The van der Waals surface area contributed by atoms with Gasteiger partial charge in [-0.15, -0.1) is 0 Å². The minimum Gasteiger partial charge on any atom is -0.465 e. The Morgan fingerprint density at radius 2 is 1.22 bits per heavy atom. The van der Waals surface area contributed by atoms with E-state index in [9.17, 15) is 9.59 Å². The summed E-state index contributed by atoms with van der Waals surface area (Å²) in [4.78, 5) is 34.6. The molecule has 11 heteroatoms. The first-order valence-electron chi connectivity index (χ1n) is 11.7. The Morgan fingerprint density at radius 1 is 0.806 bits per heavy atom. The molecular formula is C25H31N7O4. The molecular weight excluding hydrogens is 462 g/mol. The number of aromatic nitrogens is 4. The van der Waals surface area contributed by atoms with Crippen LogP contribution >= 0.6 is 0 Å². The molecule has 2 aromatic carbocycles. The van der Waals surface area contributed by atoms with E-state index in [4.69, 9.17) is 20.9 Å². The number of carbonyl (C=O) groups is 2. The number of ether oxygens (including phenoxy) is 2. The number of nitrogens with two attached hydrogens (primary N) is 2. The third-order valence-corrected chi connectivity index (χ3v) is 6.24. The Hall–Kier alpha value is -4.12. The van der Waals surface area contributed by atoms with Gasteiger partial charge in [0.15, 0.2) is 0 Å². The lowest BCUT2D eigenvalue weighted by atomic mass is 10.2. The molecule has 0 aliphatic heterocycles. The second-order valence-corrected chi connectivity index (χ2v) is 8.64. The molecule has 0 amide bonds. The molecule has 0 saturated carbocycles. The number of rotatable bonds is 10. The second-order valence-electron chi connectivity index (χ2n) is 8.64. The highest BCUT2D eigenvalue weighted by atomic mass is 16.5. The largest absolute Gasteiger partial charge is 0.465 e. The van der Waals surface area contributed by atoms with Crippen molar-refractivity contribution in [2.24, 2.45) is 0 Å². The minimum atomic E-state index is -0.400. The smallest absolute Gasteiger partial charge is 0.337 e. The van der Waals surface area contributed by atoms with Crippen LogP contribution in [-0.4, -0.2) is 70.3 Å². The molecule has 0 aliphatic carbocycles. The van der Waals surface area contributed by atoms with Crippen LogP contribution in [0.4, 0.5) is 11.9 Å². The lowest BCUT2D eigenvalue weighted by molar-refractivity contribution is 0.0592. The fourth-order valence-electron chi connectivity index (χ4n) is 4.37. The zero-order chi connectivity index (χ0) is 25.8. The quantitative estimate of drug-likeness (QED) is 0.318. The fourth-order valence-corrected chi connectivity index (χ4v) is 4.37. The number of aryl methyl sites for hydroxylation is 2. The van der Waals surface area contributed by atoms with E-state index in [0.29, 0.717) is 47.1 Å². The van der Waals surface area contributed by atoms with Crippen molar-refractivity contribution in [3.63, 3.8) is 0 Å². The number of benzene rings is 2. The van der Waals surface area contributed by atoms with Gasteiger partial charge in [-0.1, -0.05) is 0 Å². The summed E-state index contributed by atoms with van der Waals surface area (Å²) in [6, 6.07) is 10.5. The Morgan fingerprint density at radius 3 is 1.61 bits per heavy atom. The van der Waals surface area contributed by atoms with Gasteiger partial charge < -0.3 is 35.0 Å². The molecule has 36 heavy (non-hydrogen) atoms. The average Bonchev–Trinajstić information content (AvgIpc) is 3.36. The van der Waals surface area contributed by atoms with E-state index >= 15 is 0 Å². The van der Waals surface area contributed by atoms with Gasteiger partial charge >= 0.3 is 11.9 Å². The van der Waals surface area contributed by atoms with Crippen LogP contribution in [0.25, 0.3) is 22.1 Å². The maximum absolute atomic E-state index is 11.8. The van der Waals surface area contributed by atoms with Crippen LogP contribution in [0.1, 0.15) is 33.6 Å². The number of methoxy groups -OCH3 is 2. The van der Waals surface area contributed by atoms with Crippen LogP contribution in [-0.2, 0) is 22.6 Å². The number of carbonyl (C=O) groups excluding carboxylic acids is 2. The molecule has 11 nitrogen and oxygen atoms in total. The normalized spacial score (nSPS) is 11.4. The average molecular weight is 494 g/mol. The van der Waals surface area contributed by atoms with E-state index in [1.54, 1.807) is 24.3 Å². The van der Waals surface area contributed by atoms with Gasteiger partial charge in [0, 0.05) is 13.1 Å². The van der Waals surface area contributed by atoms with E-state index in [1.807, 2.05) is 21.3 Å². The summed E-state index contributed by atoms with van der Waals surface area (Å²) < 4.78 is 13.5. The molecule has 2 heterocycles. The van der Waals surface area contributed by atoms with Gasteiger partial charge in [0.1, 0.15) is 0 Å². The van der Waals surface area contributed by atoms with Gasteiger partial charge in [-0.25, -0.2) is 19.6 Å². The highest BCUT2D eigenvalue weighted by Crippen LogP contribution is 2.22. The molecule has 0 unspecified atom stereocenters. The molecule has 0 saturated heterocycles. The first-order chi connectivity index (χ1) is 17.3. The lowest BCUT2D eigenvalue weighted by Crippen LogP contribution is -2.23. The number of hydrogen-bond donors (Lipinski definition) is 2. The predicted octanol–water partition coefficient (Wildman–Crippen LogP) is 2.54. The number of nitrogen functional groups attached to an aromatic ring is 2. The van der Waals surface area contributed by atoms with Crippen LogP contribution in [0.3, 0.4) is 0 Å². The first kappa shape index (κ1) is 25.0. The fraction of sp³-hybridized carbons (Fsp3) is 0.360. The summed E-state index contributed by atoms with van der Waals surface area (Å²) in [5.74, 6) is 0.0473. The third kappa shape index (κ3) is 5.10. The van der Waals surface area contributed by atoms with Crippen molar-refractivity contribution in [2.75, 3.05) is 45.8 Å². The van der Waals surface area contributed by atoms with E-state index in [0.717, 1.165) is 37.0 Å². The molecule has 2 aromatic heterocycles. The van der Waals surface area contributed by atoms with E-state index in [1.165, 1.54) is 14.2 Å². The zero-order valence-corrected chi connectivity index (χ0v) is 20.7. The van der Waals surface area contributed by atoms with Crippen molar-refractivity contribution in [3.05, 3.63) is 47.5 Å². The summed E-state index contributed by atoms with van der Waals surface area (Å²) >= 11 is 0. The summed E-state index contributed by atoms with van der Waals surface area (Å²) in [6.45, 7) is 3.18. The molecule has 0 radical (unpaired) electrons. The first-order valence-corrected chi connectivity index (χ1v) is 11.7. The molecule has 4 N–H and O–H groups in total. The van der Waals surface area contributed by atoms with E-state index < -0.39 is 11.9 Å². The van der Waals surface area contributed by atoms with E-state index in [-0.39, 0.29) is 0 Å². The molecule has 0 aliphatic rings. The zero-order valence-electron chi connectivity index (χ0n) is 20.7. The Balaban J connectivity index is 1.30. The van der Waals surface area contributed by atoms with Gasteiger partial charge in [-0.2, -0.15) is 0 Å². The number of fused-ring (bicyclic) bond motifs is 2. The molecule has 190 valence electrons. The van der Waals surface area contributed by atoms with Gasteiger partial charge in [0.2, 0.25) is 11.9 Å². The molecule has 0 atom stereocenters. The summed E-state index contributed by atoms with van der Waals surface area (Å²) in [5, 5.41) is 0. The van der Waals surface area contributed by atoms with Crippen molar-refractivity contribution >= 4 is 45.9 Å². The highest BCUT2D eigenvalue weighted by Gasteiger charge is 2.14. The van der Waals surface area contributed by atoms with Crippen molar-refractivity contribution < 1.29 is 19.1 Å². The standard InChI is InChI=1S/C25H31N7O4/c1-30(10-4-12-31-20-8-6-16(22(33)35-2)14-18(20)28-24(31)26)11-5-13-32-21-9-7-17(23(34)36-3)15-19(21)29-25(32)27/h6-9,14-15H,4-5,10-13H2,1-3H3,(H2,26,28)(H2,27,29). The van der Waals surface area contributed by atoms with Crippen molar-refractivity contribution in [3.8, 4) is 0 Å². The second kappa shape index (κ2) is 10.6. The molecule has 4 aromatic rings. The Kier molecular flexibility index (Phi) is 7.39. The van der Waals surface area contributed by atoms with Gasteiger partial charge in [0.25, 0.3) is 0 Å². The Labute approximate surface area is 208 Å². The van der Waals surface area contributed by atoms with Crippen LogP contribution < -0.4 is 11.5 Å².